The van der Waals surface area contributed by atoms with Gasteiger partial charge in [0.15, 0.2) is 0 Å². The smallest absolute Gasteiger partial charge is 0.123 e. The highest BCUT2D eigenvalue weighted by Crippen LogP contribution is 2.30. The average molecular weight is 284 g/mol. The standard InChI is InChI=1S/C15H22ClNO2/c1-10(2)5-13(9-18)17-8-14-7-11-6-12(16)3-4-15(11)19-14/h3-4,6,10,13-14,17-18H,5,7-9H2,1-2H3. The second-order valence-corrected chi connectivity index (χ2v) is 6.05. The van der Waals surface area contributed by atoms with Crippen molar-refractivity contribution in [3.63, 3.8) is 0 Å². The first-order valence-corrected chi connectivity index (χ1v) is 7.25. The molecule has 0 saturated heterocycles. The molecule has 1 aromatic carbocycles. The Hall–Kier alpha value is -0.770. The molecule has 0 bridgehead atoms. The second-order valence-electron chi connectivity index (χ2n) is 5.61. The highest BCUT2D eigenvalue weighted by atomic mass is 35.5. The minimum atomic E-state index is 0.134. The van der Waals surface area contributed by atoms with Gasteiger partial charge in [-0.2, -0.15) is 0 Å². The largest absolute Gasteiger partial charge is 0.488 e. The summed E-state index contributed by atoms with van der Waals surface area (Å²) in [5.74, 6) is 1.51. The SMILES string of the molecule is CC(C)CC(CO)NCC1Cc2cc(Cl)ccc2O1. The van der Waals surface area contributed by atoms with E-state index in [1.165, 1.54) is 5.56 Å². The molecular formula is C15H22ClNO2. The minimum Gasteiger partial charge on any atom is -0.488 e. The lowest BCUT2D eigenvalue weighted by Gasteiger charge is -2.20. The van der Waals surface area contributed by atoms with E-state index in [0.717, 1.165) is 30.2 Å². The quantitative estimate of drug-likeness (QED) is 0.843. The molecule has 1 aliphatic rings. The Morgan fingerprint density at radius 2 is 2.26 bits per heavy atom. The highest BCUT2D eigenvalue weighted by Gasteiger charge is 2.23. The van der Waals surface area contributed by atoms with Crippen LogP contribution in [0.15, 0.2) is 18.2 Å². The summed E-state index contributed by atoms with van der Waals surface area (Å²) < 4.78 is 5.86. The molecule has 2 unspecified atom stereocenters. The first-order valence-electron chi connectivity index (χ1n) is 6.87. The lowest BCUT2D eigenvalue weighted by Crippen LogP contribution is -2.40. The normalized spacial score (nSPS) is 19.3. The van der Waals surface area contributed by atoms with Gasteiger partial charge < -0.3 is 15.2 Å². The number of halogens is 1. The highest BCUT2D eigenvalue weighted by molar-refractivity contribution is 6.30. The number of aliphatic hydroxyl groups excluding tert-OH is 1. The number of hydrogen-bond donors (Lipinski definition) is 2. The van der Waals surface area contributed by atoms with Crippen LogP contribution in [-0.2, 0) is 6.42 Å². The maximum atomic E-state index is 9.34. The Kier molecular flexibility index (Phi) is 5.08. The van der Waals surface area contributed by atoms with Crippen molar-refractivity contribution in [3.8, 4) is 5.75 Å². The van der Waals surface area contributed by atoms with Gasteiger partial charge in [-0.15, -0.1) is 0 Å². The summed E-state index contributed by atoms with van der Waals surface area (Å²) in [5.41, 5.74) is 1.17. The van der Waals surface area contributed by atoms with E-state index in [1.807, 2.05) is 18.2 Å². The Bertz CT molecular complexity index is 423. The van der Waals surface area contributed by atoms with Gasteiger partial charge in [0.1, 0.15) is 11.9 Å². The number of benzene rings is 1. The van der Waals surface area contributed by atoms with E-state index < -0.39 is 0 Å². The molecule has 0 saturated carbocycles. The number of ether oxygens (including phenoxy) is 1. The number of rotatable bonds is 6. The third-order valence-electron chi connectivity index (χ3n) is 3.37. The van der Waals surface area contributed by atoms with E-state index in [0.29, 0.717) is 5.92 Å². The molecule has 1 aromatic rings. The van der Waals surface area contributed by atoms with E-state index in [9.17, 15) is 5.11 Å². The predicted octanol–water partition coefficient (Wildman–Crippen LogP) is 2.64. The predicted molar refractivity (Wildman–Crippen MR) is 77.9 cm³/mol. The molecule has 2 atom stereocenters. The maximum Gasteiger partial charge on any atom is 0.123 e. The molecule has 0 radical (unpaired) electrons. The van der Waals surface area contributed by atoms with Crippen LogP contribution in [-0.4, -0.2) is 30.4 Å². The molecule has 0 amide bonds. The number of nitrogens with one attached hydrogen (secondary N) is 1. The van der Waals surface area contributed by atoms with Gasteiger partial charge in [0, 0.05) is 24.0 Å². The maximum absolute atomic E-state index is 9.34. The van der Waals surface area contributed by atoms with Crippen LogP contribution in [0.5, 0.6) is 5.75 Å². The van der Waals surface area contributed by atoms with Crippen LogP contribution < -0.4 is 10.1 Å². The fourth-order valence-corrected chi connectivity index (χ4v) is 2.69. The van der Waals surface area contributed by atoms with Crippen molar-refractivity contribution in [2.24, 2.45) is 5.92 Å². The molecule has 1 heterocycles. The molecule has 1 aliphatic heterocycles. The van der Waals surface area contributed by atoms with E-state index in [4.69, 9.17) is 16.3 Å². The fourth-order valence-electron chi connectivity index (χ4n) is 2.49. The zero-order chi connectivity index (χ0) is 13.8. The Morgan fingerprint density at radius 3 is 2.95 bits per heavy atom. The Labute approximate surface area is 119 Å². The van der Waals surface area contributed by atoms with Gasteiger partial charge in [-0.3, -0.25) is 0 Å². The Morgan fingerprint density at radius 1 is 1.47 bits per heavy atom. The van der Waals surface area contributed by atoms with Crippen LogP contribution in [0.3, 0.4) is 0 Å². The van der Waals surface area contributed by atoms with Crippen LogP contribution in [0, 0.1) is 5.92 Å². The zero-order valence-corrected chi connectivity index (χ0v) is 12.3. The molecule has 2 N–H and O–H groups in total. The molecule has 2 rings (SSSR count). The second kappa shape index (κ2) is 6.60. The van der Waals surface area contributed by atoms with Gasteiger partial charge in [-0.25, -0.2) is 0 Å². The van der Waals surface area contributed by atoms with Crippen molar-refractivity contribution in [1.29, 1.82) is 0 Å². The van der Waals surface area contributed by atoms with Crippen LogP contribution in [0.1, 0.15) is 25.8 Å². The molecule has 106 valence electrons. The molecular weight excluding hydrogens is 262 g/mol. The average Bonchev–Trinajstić information content (AvgIpc) is 2.75. The van der Waals surface area contributed by atoms with Crippen LogP contribution in [0.4, 0.5) is 0 Å². The molecule has 0 fully saturated rings. The molecule has 19 heavy (non-hydrogen) atoms. The summed E-state index contributed by atoms with van der Waals surface area (Å²) in [6.07, 6.45) is 1.99. The summed E-state index contributed by atoms with van der Waals surface area (Å²) >= 11 is 5.97. The van der Waals surface area contributed by atoms with Gasteiger partial charge in [0.25, 0.3) is 0 Å². The summed E-state index contributed by atoms with van der Waals surface area (Å²) in [6, 6.07) is 5.89. The van der Waals surface area contributed by atoms with E-state index in [2.05, 4.69) is 19.2 Å². The van der Waals surface area contributed by atoms with Gasteiger partial charge in [-0.1, -0.05) is 25.4 Å². The van der Waals surface area contributed by atoms with E-state index in [-0.39, 0.29) is 18.8 Å². The Balaban J connectivity index is 1.83. The van der Waals surface area contributed by atoms with Crippen molar-refractivity contribution in [2.45, 2.75) is 38.8 Å². The van der Waals surface area contributed by atoms with Crippen molar-refractivity contribution in [1.82, 2.24) is 5.32 Å². The minimum absolute atomic E-state index is 0.134. The number of fused-ring (bicyclic) bond motifs is 1. The molecule has 0 aliphatic carbocycles. The number of aliphatic hydroxyl groups is 1. The monoisotopic (exact) mass is 283 g/mol. The van der Waals surface area contributed by atoms with Crippen LogP contribution in [0.25, 0.3) is 0 Å². The zero-order valence-electron chi connectivity index (χ0n) is 11.5. The molecule has 4 heteroatoms. The first kappa shape index (κ1) is 14.6. The van der Waals surface area contributed by atoms with Crippen LogP contribution >= 0.6 is 11.6 Å². The van der Waals surface area contributed by atoms with Gasteiger partial charge in [-0.05, 0) is 36.1 Å². The van der Waals surface area contributed by atoms with Gasteiger partial charge >= 0.3 is 0 Å². The molecule has 3 nitrogen and oxygen atoms in total. The van der Waals surface area contributed by atoms with Crippen LogP contribution in [0.2, 0.25) is 5.02 Å². The summed E-state index contributed by atoms with van der Waals surface area (Å²) in [5, 5.41) is 13.5. The third-order valence-corrected chi connectivity index (χ3v) is 3.61. The van der Waals surface area contributed by atoms with Gasteiger partial charge in [0.05, 0.1) is 6.61 Å². The molecule has 0 spiro atoms. The van der Waals surface area contributed by atoms with Crippen molar-refractivity contribution < 1.29 is 9.84 Å². The lowest BCUT2D eigenvalue weighted by atomic mass is 10.0. The summed E-state index contributed by atoms with van der Waals surface area (Å²) in [7, 11) is 0. The summed E-state index contributed by atoms with van der Waals surface area (Å²) in [6.45, 7) is 5.25. The topological polar surface area (TPSA) is 41.5 Å². The molecule has 0 aromatic heterocycles. The van der Waals surface area contributed by atoms with Crippen molar-refractivity contribution >= 4 is 11.6 Å². The van der Waals surface area contributed by atoms with Crippen molar-refractivity contribution in [2.75, 3.05) is 13.2 Å². The van der Waals surface area contributed by atoms with Crippen molar-refractivity contribution in [3.05, 3.63) is 28.8 Å². The van der Waals surface area contributed by atoms with Gasteiger partial charge in [0.2, 0.25) is 0 Å². The first-order chi connectivity index (χ1) is 9.08. The fraction of sp³-hybridized carbons (Fsp3) is 0.600. The summed E-state index contributed by atoms with van der Waals surface area (Å²) in [4.78, 5) is 0. The van der Waals surface area contributed by atoms with E-state index in [1.54, 1.807) is 0 Å². The lowest BCUT2D eigenvalue weighted by molar-refractivity contribution is 0.187. The van der Waals surface area contributed by atoms with E-state index >= 15 is 0 Å². The third kappa shape index (κ3) is 4.10. The number of hydrogen-bond acceptors (Lipinski definition) is 3.